The summed E-state index contributed by atoms with van der Waals surface area (Å²) in [7, 11) is 0. The first-order valence-electron chi connectivity index (χ1n) is 9.86. The molecule has 3 aliphatic rings. The molecule has 6 nitrogen and oxygen atoms in total. The van der Waals surface area contributed by atoms with Crippen molar-refractivity contribution in [2.24, 2.45) is 5.41 Å². The molecule has 1 spiro atoms. The number of likely N-dealkylation sites (tertiary alicyclic amines) is 1. The predicted molar refractivity (Wildman–Crippen MR) is 105 cm³/mol. The van der Waals surface area contributed by atoms with Crippen molar-refractivity contribution in [3.8, 4) is 5.75 Å². The lowest BCUT2D eigenvalue weighted by Gasteiger charge is -2.40. The van der Waals surface area contributed by atoms with Crippen LogP contribution in [0.15, 0.2) is 12.1 Å². The molecule has 152 valence electrons. The van der Waals surface area contributed by atoms with E-state index in [4.69, 9.17) is 16.3 Å². The first-order chi connectivity index (χ1) is 13.1. The Bertz CT molecular complexity index is 828. The molecule has 1 aliphatic carbocycles. The number of carbonyl (C=O) groups excluding carboxylic acids is 2. The molecule has 7 heteroatoms. The minimum atomic E-state index is -0.625. The van der Waals surface area contributed by atoms with E-state index in [2.05, 4.69) is 0 Å². The van der Waals surface area contributed by atoms with E-state index < -0.39 is 17.7 Å². The highest BCUT2D eigenvalue weighted by atomic mass is 35.5. The van der Waals surface area contributed by atoms with Gasteiger partial charge in [-0.05, 0) is 63.1 Å². The molecule has 1 N–H and O–H groups in total. The molecule has 1 unspecified atom stereocenters. The Morgan fingerprint density at radius 1 is 1.36 bits per heavy atom. The van der Waals surface area contributed by atoms with Crippen LogP contribution in [0.3, 0.4) is 0 Å². The average molecular weight is 407 g/mol. The summed E-state index contributed by atoms with van der Waals surface area (Å²) in [6, 6.07) is 2.76. The van der Waals surface area contributed by atoms with E-state index in [0.717, 1.165) is 24.9 Å². The Balaban J connectivity index is 1.67. The Kier molecular flexibility index (Phi) is 4.53. The number of amides is 2. The third kappa shape index (κ3) is 3.54. The van der Waals surface area contributed by atoms with Crippen molar-refractivity contribution in [3.63, 3.8) is 0 Å². The second kappa shape index (κ2) is 6.55. The van der Waals surface area contributed by atoms with Gasteiger partial charge in [0, 0.05) is 36.6 Å². The highest BCUT2D eigenvalue weighted by Gasteiger charge is 2.52. The SMILES string of the molecule is CC(C)(C)OC(=O)N1CCc2c(Cl)ccc(O)c2C1CN1CC2(CC2)CC1=O. The lowest BCUT2D eigenvalue weighted by Crippen LogP contribution is -2.47. The maximum Gasteiger partial charge on any atom is 0.410 e. The predicted octanol–water partition coefficient (Wildman–Crippen LogP) is 3.89. The van der Waals surface area contributed by atoms with Gasteiger partial charge in [0.25, 0.3) is 0 Å². The molecule has 1 saturated heterocycles. The summed E-state index contributed by atoms with van der Waals surface area (Å²) in [4.78, 5) is 29.0. The molecular weight excluding hydrogens is 380 g/mol. The number of aromatic hydroxyl groups is 1. The molecule has 28 heavy (non-hydrogen) atoms. The molecule has 0 bridgehead atoms. The maximum absolute atomic E-state index is 12.9. The van der Waals surface area contributed by atoms with Crippen LogP contribution >= 0.6 is 11.6 Å². The van der Waals surface area contributed by atoms with Crippen LogP contribution in [0.5, 0.6) is 5.75 Å². The van der Waals surface area contributed by atoms with E-state index in [0.29, 0.717) is 36.5 Å². The van der Waals surface area contributed by atoms with E-state index in [-0.39, 0.29) is 17.1 Å². The van der Waals surface area contributed by atoms with Gasteiger partial charge in [-0.25, -0.2) is 4.79 Å². The third-order valence-electron chi connectivity index (χ3n) is 5.97. The summed E-state index contributed by atoms with van der Waals surface area (Å²) in [5, 5.41) is 11.2. The number of halogens is 1. The minimum absolute atomic E-state index is 0.102. The van der Waals surface area contributed by atoms with E-state index in [1.165, 1.54) is 0 Å². The number of benzene rings is 1. The molecule has 1 aromatic rings. The molecule has 0 aromatic heterocycles. The van der Waals surface area contributed by atoms with Gasteiger partial charge in [0.1, 0.15) is 11.4 Å². The Morgan fingerprint density at radius 2 is 2.07 bits per heavy atom. The van der Waals surface area contributed by atoms with Gasteiger partial charge in [0.2, 0.25) is 5.91 Å². The molecule has 0 radical (unpaired) electrons. The van der Waals surface area contributed by atoms with Crippen LogP contribution in [0.2, 0.25) is 5.02 Å². The first kappa shape index (κ1) is 19.4. The van der Waals surface area contributed by atoms with Crippen molar-refractivity contribution in [1.29, 1.82) is 0 Å². The number of rotatable bonds is 2. The molecular formula is C21H27ClN2O4. The van der Waals surface area contributed by atoms with Crippen molar-refractivity contribution >= 4 is 23.6 Å². The van der Waals surface area contributed by atoms with Crippen molar-refractivity contribution in [2.45, 2.75) is 58.1 Å². The van der Waals surface area contributed by atoms with Gasteiger partial charge >= 0.3 is 6.09 Å². The van der Waals surface area contributed by atoms with Crippen LogP contribution in [0.1, 0.15) is 57.2 Å². The number of nitrogens with zero attached hydrogens (tertiary/aromatic N) is 2. The Morgan fingerprint density at radius 3 is 2.68 bits per heavy atom. The highest BCUT2D eigenvalue weighted by Crippen LogP contribution is 2.53. The zero-order valence-electron chi connectivity index (χ0n) is 16.6. The molecule has 4 rings (SSSR count). The number of hydrogen-bond acceptors (Lipinski definition) is 4. The fourth-order valence-corrected chi connectivity index (χ4v) is 4.65. The smallest absolute Gasteiger partial charge is 0.410 e. The van der Waals surface area contributed by atoms with Crippen LogP contribution < -0.4 is 0 Å². The van der Waals surface area contributed by atoms with Gasteiger partial charge in [0.05, 0.1) is 6.04 Å². The van der Waals surface area contributed by atoms with E-state index >= 15 is 0 Å². The van der Waals surface area contributed by atoms with Crippen LogP contribution in [0.4, 0.5) is 4.79 Å². The zero-order valence-corrected chi connectivity index (χ0v) is 17.4. The Labute approximate surface area is 170 Å². The fraction of sp³-hybridized carbons (Fsp3) is 0.619. The topological polar surface area (TPSA) is 70.1 Å². The Hall–Kier alpha value is -1.95. The number of carbonyl (C=O) groups is 2. The fourth-order valence-electron chi connectivity index (χ4n) is 4.39. The minimum Gasteiger partial charge on any atom is -0.508 e. The second-order valence-electron chi connectivity index (χ2n) is 9.35. The van der Waals surface area contributed by atoms with Crippen LogP contribution in [0, 0.1) is 5.41 Å². The summed E-state index contributed by atoms with van der Waals surface area (Å²) in [5.74, 6) is 0.223. The molecule has 2 aliphatic heterocycles. The van der Waals surface area contributed by atoms with Gasteiger partial charge in [-0.2, -0.15) is 0 Å². The van der Waals surface area contributed by atoms with Gasteiger partial charge in [-0.15, -0.1) is 0 Å². The maximum atomic E-state index is 12.9. The molecule has 1 atom stereocenters. The van der Waals surface area contributed by atoms with Gasteiger partial charge in [0.15, 0.2) is 0 Å². The monoisotopic (exact) mass is 406 g/mol. The quantitative estimate of drug-likeness (QED) is 0.808. The lowest BCUT2D eigenvalue weighted by atomic mass is 9.91. The summed E-state index contributed by atoms with van der Waals surface area (Å²) in [5.41, 5.74) is 0.995. The first-order valence-corrected chi connectivity index (χ1v) is 10.2. The zero-order chi connectivity index (χ0) is 20.3. The van der Waals surface area contributed by atoms with Crippen molar-refractivity contribution < 1.29 is 19.4 Å². The summed E-state index contributed by atoms with van der Waals surface area (Å²) in [6.45, 7) is 6.98. The molecule has 1 saturated carbocycles. The molecule has 2 heterocycles. The number of phenolic OH excluding ortho intramolecular Hbond substituents is 1. The number of phenols is 1. The number of fused-ring (bicyclic) bond motifs is 1. The van der Waals surface area contributed by atoms with Crippen molar-refractivity contribution in [2.75, 3.05) is 19.6 Å². The van der Waals surface area contributed by atoms with E-state index in [1.54, 1.807) is 17.0 Å². The van der Waals surface area contributed by atoms with Crippen molar-refractivity contribution in [1.82, 2.24) is 9.80 Å². The summed E-state index contributed by atoms with van der Waals surface area (Å²) < 4.78 is 5.61. The van der Waals surface area contributed by atoms with Crippen LogP contribution in [-0.2, 0) is 16.0 Å². The normalized spacial score (nSPS) is 23.1. The van der Waals surface area contributed by atoms with Gasteiger partial charge in [-0.1, -0.05) is 11.6 Å². The highest BCUT2D eigenvalue weighted by molar-refractivity contribution is 6.31. The third-order valence-corrected chi connectivity index (χ3v) is 6.33. The molecule has 2 fully saturated rings. The van der Waals surface area contributed by atoms with Gasteiger partial charge in [-0.3, -0.25) is 9.69 Å². The molecule has 1 aromatic carbocycles. The summed E-state index contributed by atoms with van der Waals surface area (Å²) >= 11 is 6.39. The van der Waals surface area contributed by atoms with Crippen LogP contribution in [-0.4, -0.2) is 52.1 Å². The standard InChI is InChI=1S/C21H27ClN2O4/c1-20(2,3)28-19(27)24-9-6-13-14(22)4-5-16(25)18(13)15(24)11-23-12-21(7-8-21)10-17(23)26/h4-5,15,25H,6-12H2,1-3H3. The second-order valence-corrected chi connectivity index (χ2v) is 9.76. The van der Waals surface area contributed by atoms with E-state index in [9.17, 15) is 14.7 Å². The largest absolute Gasteiger partial charge is 0.508 e. The summed E-state index contributed by atoms with van der Waals surface area (Å²) in [6.07, 6.45) is 2.86. The van der Waals surface area contributed by atoms with Crippen molar-refractivity contribution in [3.05, 3.63) is 28.3 Å². The number of hydrogen-bond donors (Lipinski definition) is 1. The lowest BCUT2D eigenvalue weighted by molar-refractivity contribution is -0.128. The van der Waals surface area contributed by atoms with Gasteiger partial charge < -0.3 is 14.7 Å². The molecule has 2 amide bonds. The van der Waals surface area contributed by atoms with E-state index in [1.807, 2.05) is 25.7 Å². The van der Waals surface area contributed by atoms with Crippen LogP contribution in [0.25, 0.3) is 0 Å². The average Bonchev–Trinajstić information content (AvgIpc) is 3.27. The number of ether oxygens (including phenoxy) is 1.